The molecular formula is C23H31N5O2S. The maximum atomic E-state index is 8.36. The molecule has 166 valence electrons. The molecule has 2 aromatic heterocycles. The third kappa shape index (κ3) is 5.98. The first kappa shape index (κ1) is 23.1. The molecular weight excluding hydrogens is 410 g/mol. The van der Waals surface area contributed by atoms with Crippen molar-refractivity contribution in [1.29, 1.82) is 0 Å². The molecule has 3 heterocycles. The lowest BCUT2D eigenvalue weighted by Gasteiger charge is -2.22. The number of carboxylic acid groups (broad SMARTS) is 1. The van der Waals surface area contributed by atoms with Crippen LogP contribution >= 0.6 is 11.8 Å². The Balaban J connectivity index is 0.000000858. The van der Waals surface area contributed by atoms with E-state index in [9.17, 15) is 0 Å². The van der Waals surface area contributed by atoms with Crippen molar-refractivity contribution in [3.05, 3.63) is 53.9 Å². The number of hydrogen-bond donors (Lipinski definition) is 3. The van der Waals surface area contributed by atoms with Gasteiger partial charge in [-0.15, -0.1) is 0 Å². The molecule has 2 unspecified atom stereocenters. The summed E-state index contributed by atoms with van der Waals surface area (Å²) in [5.41, 5.74) is 4.36. The van der Waals surface area contributed by atoms with Crippen LogP contribution in [-0.2, 0) is 4.79 Å². The fourth-order valence-corrected chi connectivity index (χ4v) is 4.81. The van der Waals surface area contributed by atoms with E-state index in [0.717, 1.165) is 35.1 Å². The fourth-order valence-electron chi connectivity index (χ4n) is 3.67. The van der Waals surface area contributed by atoms with Crippen molar-refractivity contribution in [1.82, 2.24) is 19.9 Å². The van der Waals surface area contributed by atoms with Crippen LogP contribution < -0.4 is 10.6 Å². The van der Waals surface area contributed by atoms with E-state index in [4.69, 9.17) is 20.0 Å². The zero-order chi connectivity index (χ0) is 22.2. The minimum atomic E-state index is -0.250. The number of anilines is 1. The highest BCUT2D eigenvalue weighted by molar-refractivity contribution is 7.99. The quantitative estimate of drug-likeness (QED) is 0.483. The number of nitrogens with one attached hydrogen (secondary N) is 2. The molecule has 0 aliphatic carbocycles. The molecule has 1 aliphatic rings. The van der Waals surface area contributed by atoms with Crippen LogP contribution in [0.3, 0.4) is 0 Å². The predicted molar refractivity (Wildman–Crippen MR) is 126 cm³/mol. The summed E-state index contributed by atoms with van der Waals surface area (Å²) < 4.78 is 2.03. The SMILES string of the molecule is CC(C)c1cnc2c(NC(C)c3ccccc3)cc(SC3CCCNC3)nn12.O=CO. The van der Waals surface area contributed by atoms with Gasteiger partial charge in [-0.1, -0.05) is 55.9 Å². The van der Waals surface area contributed by atoms with E-state index in [1.54, 1.807) is 0 Å². The monoisotopic (exact) mass is 441 g/mol. The number of fused-ring (bicyclic) bond motifs is 1. The van der Waals surface area contributed by atoms with Crippen LogP contribution in [0.15, 0.2) is 47.6 Å². The average molecular weight is 442 g/mol. The summed E-state index contributed by atoms with van der Waals surface area (Å²) in [6.45, 7) is 8.50. The molecule has 7 nitrogen and oxygen atoms in total. The lowest BCUT2D eigenvalue weighted by Crippen LogP contribution is -2.31. The maximum absolute atomic E-state index is 8.36. The summed E-state index contributed by atoms with van der Waals surface area (Å²) in [7, 11) is 0. The molecule has 0 saturated carbocycles. The zero-order valence-electron chi connectivity index (χ0n) is 18.3. The Morgan fingerprint density at radius 1 is 1.29 bits per heavy atom. The third-order valence-corrected chi connectivity index (χ3v) is 6.45. The lowest BCUT2D eigenvalue weighted by molar-refractivity contribution is -0.122. The molecule has 1 fully saturated rings. The number of piperidine rings is 1. The van der Waals surface area contributed by atoms with Gasteiger partial charge in [0.2, 0.25) is 0 Å². The van der Waals surface area contributed by atoms with Gasteiger partial charge in [0, 0.05) is 17.8 Å². The number of rotatable bonds is 6. The minimum Gasteiger partial charge on any atom is -0.483 e. The molecule has 1 aromatic carbocycles. The molecule has 1 saturated heterocycles. The Labute approximate surface area is 187 Å². The number of hydrogen-bond acceptors (Lipinski definition) is 6. The molecule has 4 rings (SSSR count). The zero-order valence-corrected chi connectivity index (χ0v) is 19.1. The third-order valence-electron chi connectivity index (χ3n) is 5.27. The minimum absolute atomic E-state index is 0.195. The average Bonchev–Trinajstić information content (AvgIpc) is 3.20. The summed E-state index contributed by atoms with van der Waals surface area (Å²) in [6, 6.07) is 12.9. The first-order chi connectivity index (χ1) is 15.0. The smallest absolute Gasteiger partial charge is 0.290 e. The van der Waals surface area contributed by atoms with Crippen LogP contribution in [0.4, 0.5) is 5.69 Å². The first-order valence-electron chi connectivity index (χ1n) is 10.7. The van der Waals surface area contributed by atoms with Crippen molar-refractivity contribution >= 4 is 29.6 Å². The van der Waals surface area contributed by atoms with Crippen molar-refractivity contribution in [3.63, 3.8) is 0 Å². The van der Waals surface area contributed by atoms with Gasteiger partial charge in [-0.05, 0) is 43.9 Å². The first-order valence-corrected chi connectivity index (χ1v) is 11.6. The normalized spacial score (nSPS) is 17.1. The largest absolute Gasteiger partial charge is 0.483 e. The van der Waals surface area contributed by atoms with Crippen molar-refractivity contribution < 1.29 is 9.90 Å². The van der Waals surface area contributed by atoms with Gasteiger partial charge < -0.3 is 15.7 Å². The van der Waals surface area contributed by atoms with Crippen LogP contribution in [0.1, 0.15) is 56.8 Å². The van der Waals surface area contributed by atoms with Crippen LogP contribution in [0.25, 0.3) is 5.65 Å². The Kier molecular flexibility index (Phi) is 8.31. The Bertz CT molecular complexity index is 971. The van der Waals surface area contributed by atoms with Crippen molar-refractivity contribution in [2.24, 2.45) is 0 Å². The van der Waals surface area contributed by atoms with Crippen LogP contribution in [0.2, 0.25) is 0 Å². The van der Waals surface area contributed by atoms with Gasteiger partial charge >= 0.3 is 0 Å². The summed E-state index contributed by atoms with van der Waals surface area (Å²) in [4.78, 5) is 13.1. The molecule has 3 aromatic rings. The van der Waals surface area contributed by atoms with Gasteiger partial charge in [0.15, 0.2) is 5.65 Å². The summed E-state index contributed by atoms with van der Waals surface area (Å²) >= 11 is 1.88. The second-order valence-electron chi connectivity index (χ2n) is 7.94. The standard InChI is InChI=1S/C22H29N5S.CH2O2/c1-15(2)20-14-24-22-19(25-16(3)17-8-5-4-6-9-17)12-21(26-27(20)22)28-18-10-7-11-23-13-18;2-1-3/h4-6,8-9,12,14-16,18,23,25H,7,10-11,13H2,1-3H3;1H,(H,2,3). The Morgan fingerprint density at radius 2 is 2.03 bits per heavy atom. The molecule has 0 amide bonds. The Morgan fingerprint density at radius 3 is 2.68 bits per heavy atom. The van der Waals surface area contributed by atoms with Gasteiger partial charge in [-0.25, -0.2) is 9.50 Å². The number of aromatic nitrogens is 3. The number of benzene rings is 1. The highest BCUT2D eigenvalue weighted by Crippen LogP contribution is 2.32. The highest BCUT2D eigenvalue weighted by Gasteiger charge is 2.19. The number of carbonyl (C=O) groups is 1. The topological polar surface area (TPSA) is 91.5 Å². The molecule has 8 heteroatoms. The second-order valence-corrected chi connectivity index (χ2v) is 9.26. The van der Waals surface area contributed by atoms with E-state index < -0.39 is 0 Å². The van der Waals surface area contributed by atoms with Gasteiger partial charge in [0.25, 0.3) is 6.47 Å². The van der Waals surface area contributed by atoms with Gasteiger partial charge in [-0.3, -0.25) is 4.79 Å². The van der Waals surface area contributed by atoms with Crippen LogP contribution in [-0.4, -0.2) is 44.5 Å². The molecule has 31 heavy (non-hydrogen) atoms. The maximum Gasteiger partial charge on any atom is 0.290 e. The van der Waals surface area contributed by atoms with Crippen LogP contribution in [0.5, 0.6) is 0 Å². The Hall–Kier alpha value is -2.58. The van der Waals surface area contributed by atoms with E-state index in [1.807, 2.05) is 22.5 Å². The predicted octanol–water partition coefficient (Wildman–Crippen LogP) is 4.57. The highest BCUT2D eigenvalue weighted by atomic mass is 32.2. The second kappa shape index (κ2) is 11.2. The summed E-state index contributed by atoms with van der Waals surface area (Å²) in [5.74, 6) is 0.374. The van der Waals surface area contributed by atoms with E-state index in [-0.39, 0.29) is 12.5 Å². The molecule has 3 N–H and O–H groups in total. The van der Waals surface area contributed by atoms with Gasteiger partial charge in [-0.2, -0.15) is 5.10 Å². The van der Waals surface area contributed by atoms with Gasteiger partial charge in [0.1, 0.15) is 5.03 Å². The van der Waals surface area contributed by atoms with E-state index >= 15 is 0 Å². The molecule has 0 bridgehead atoms. The number of imidazole rings is 1. The van der Waals surface area contributed by atoms with E-state index in [1.165, 1.54) is 18.4 Å². The molecule has 1 aliphatic heterocycles. The number of thioether (sulfide) groups is 1. The van der Waals surface area contributed by atoms with Crippen molar-refractivity contribution in [2.75, 3.05) is 18.4 Å². The summed E-state index contributed by atoms with van der Waals surface area (Å²) in [5, 5.41) is 20.6. The summed E-state index contributed by atoms with van der Waals surface area (Å²) in [6.07, 6.45) is 4.43. The van der Waals surface area contributed by atoms with Gasteiger partial charge in [0.05, 0.1) is 17.6 Å². The van der Waals surface area contributed by atoms with Crippen molar-refractivity contribution in [3.8, 4) is 0 Å². The number of nitrogens with zero attached hydrogens (tertiary/aromatic N) is 3. The lowest BCUT2D eigenvalue weighted by atomic mass is 10.1. The van der Waals surface area contributed by atoms with E-state index in [0.29, 0.717) is 11.2 Å². The fraction of sp³-hybridized carbons (Fsp3) is 0.435. The van der Waals surface area contributed by atoms with E-state index in [2.05, 4.69) is 67.8 Å². The molecule has 2 atom stereocenters. The van der Waals surface area contributed by atoms with Crippen LogP contribution in [0, 0.1) is 0 Å². The molecule has 0 spiro atoms. The molecule has 0 radical (unpaired) electrons. The van der Waals surface area contributed by atoms with Crippen molar-refractivity contribution in [2.45, 2.75) is 55.8 Å².